The van der Waals surface area contributed by atoms with Crippen LogP contribution in [-0.2, 0) is 7.05 Å². The first kappa shape index (κ1) is 12.8. The summed E-state index contributed by atoms with van der Waals surface area (Å²) in [5.41, 5.74) is 2.09. The lowest BCUT2D eigenvalue weighted by molar-refractivity contribution is 0.541. The maximum Gasteiger partial charge on any atom is 0.156 e. The predicted molar refractivity (Wildman–Crippen MR) is 74.9 cm³/mol. The van der Waals surface area contributed by atoms with Crippen LogP contribution in [0.15, 0.2) is 18.6 Å². The van der Waals surface area contributed by atoms with Gasteiger partial charge in [-0.25, -0.2) is 9.97 Å². The predicted octanol–water partition coefficient (Wildman–Crippen LogP) is 1.26. The Morgan fingerprint density at radius 3 is 2.94 bits per heavy atom. The maximum absolute atomic E-state index is 4.46. The minimum atomic E-state index is 0.570. The van der Waals surface area contributed by atoms with Crippen LogP contribution in [0, 0.1) is 5.92 Å². The van der Waals surface area contributed by atoms with Crippen LogP contribution < -0.4 is 10.2 Å². The number of fused-ring (bicyclic) bond motifs is 1. The topological polar surface area (TPSA) is 46.0 Å². The lowest BCUT2D eigenvalue weighted by Crippen LogP contribution is -2.30. The summed E-state index contributed by atoms with van der Waals surface area (Å²) in [6.07, 6.45) is 3.68. The van der Waals surface area contributed by atoms with Crippen LogP contribution >= 0.6 is 0 Å². The molecular formula is C13H21N5. The Bertz CT molecular complexity index is 519. The Hall–Kier alpha value is -1.62. The number of rotatable bonds is 5. The molecular weight excluding hydrogens is 226 g/mol. The van der Waals surface area contributed by atoms with E-state index in [-0.39, 0.29) is 0 Å². The largest absolute Gasteiger partial charge is 0.358 e. The van der Waals surface area contributed by atoms with Crippen molar-refractivity contribution in [1.29, 1.82) is 0 Å². The van der Waals surface area contributed by atoms with Gasteiger partial charge in [0.2, 0.25) is 0 Å². The quantitative estimate of drug-likeness (QED) is 0.864. The summed E-state index contributed by atoms with van der Waals surface area (Å²) in [4.78, 5) is 11.1. The van der Waals surface area contributed by atoms with Gasteiger partial charge in [-0.2, -0.15) is 0 Å². The fraction of sp³-hybridized carbons (Fsp3) is 0.538. The summed E-state index contributed by atoms with van der Waals surface area (Å²) < 4.78 is 2.02. The highest BCUT2D eigenvalue weighted by Crippen LogP contribution is 2.21. The highest BCUT2D eigenvalue weighted by Gasteiger charge is 2.13. The molecule has 98 valence electrons. The van der Waals surface area contributed by atoms with Crippen LogP contribution in [0.3, 0.4) is 0 Å². The molecule has 18 heavy (non-hydrogen) atoms. The summed E-state index contributed by atoms with van der Waals surface area (Å²) in [6.45, 7) is 4.19. The molecule has 2 rings (SSSR count). The van der Waals surface area contributed by atoms with Gasteiger partial charge in [0, 0.05) is 26.8 Å². The molecule has 5 nitrogen and oxygen atoms in total. The molecule has 1 unspecified atom stereocenters. The number of nitrogens with one attached hydrogen (secondary N) is 1. The van der Waals surface area contributed by atoms with Crippen LogP contribution in [0.25, 0.3) is 11.0 Å². The van der Waals surface area contributed by atoms with Gasteiger partial charge in [-0.15, -0.1) is 0 Å². The van der Waals surface area contributed by atoms with Gasteiger partial charge in [0.05, 0.1) is 11.8 Å². The first-order chi connectivity index (χ1) is 8.63. The van der Waals surface area contributed by atoms with E-state index in [0.29, 0.717) is 5.92 Å². The smallest absolute Gasteiger partial charge is 0.156 e. The van der Waals surface area contributed by atoms with Gasteiger partial charge in [-0.1, -0.05) is 6.92 Å². The van der Waals surface area contributed by atoms with E-state index in [1.807, 2.05) is 37.3 Å². The third-order valence-electron chi connectivity index (χ3n) is 3.12. The standard InChI is InChI=1S/C13H21N5/c1-10(7-14-2)8-17(3)13-12-11(5-6-15-13)18(4)9-16-12/h5-6,9-10,14H,7-8H2,1-4H3. The molecule has 0 spiro atoms. The molecule has 0 saturated carbocycles. The summed E-state index contributed by atoms with van der Waals surface area (Å²) in [6, 6.07) is 2.00. The van der Waals surface area contributed by atoms with E-state index in [0.717, 1.165) is 29.9 Å². The van der Waals surface area contributed by atoms with E-state index in [4.69, 9.17) is 0 Å². The molecule has 1 N–H and O–H groups in total. The Morgan fingerprint density at radius 1 is 1.44 bits per heavy atom. The van der Waals surface area contributed by atoms with Crippen molar-refractivity contribution < 1.29 is 0 Å². The minimum Gasteiger partial charge on any atom is -0.358 e. The van der Waals surface area contributed by atoms with Crippen LogP contribution in [0.1, 0.15) is 6.92 Å². The number of pyridine rings is 1. The second-order valence-electron chi connectivity index (χ2n) is 4.90. The molecule has 2 heterocycles. The van der Waals surface area contributed by atoms with Crippen LogP contribution in [-0.4, -0.2) is 41.7 Å². The maximum atomic E-state index is 4.46. The lowest BCUT2D eigenvalue weighted by Gasteiger charge is -2.22. The van der Waals surface area contributed by atoms with E-state index in [1.54, 1.807) is 0 Å². The Kier molecular flexibility index (Phi) is 3.81. The second-order valence-corrected chi connectivity index (χ2v) is 4.90. The van der Waals surface area contributed by atoms with Crippen molar-refractivity contribution >= 4 is 16.9 Å². The summed E-state index contributed by atoms with van der Waals surface area (Å²) in [5.74, 6) is 1.52. The highest BCUT2D eigenvalue weighted by atomic mass is 15.2. The molecule has 2 aromatic rings. The average Bonchev–Trinajstić information content (AvgIpc) is 2.71. The zero-order valence-electron chi connectivity index (χ0n) is 11.5. The van der Waals surface area contributed by atoms with Crippen molar-refractivity contribution in [1.82, 2.24) is 19.9 Å². The number of hydrogen-bond acceptors (Lipinski definition) is 4. The molecule has 0 aliphatic carbocycles. The molecule has 0 aliphatic rings. The van der Waals surface area contributed by atoms with Gasteiger partial charge in [0.15, 0.2) is 5.82 Å². The molecule has 0 aliphatic heterocycles. The van der Waals surface area contributed by atoms with Crippen molar-refractivity contribution in [2.75, 3.05) is 32.1 Å². The van der Waals surface area contributed by atoms with E-state index >= 15 is 0 Å². The van der Waals surface area contributed by atoms with Crippen molar-refractivity contribution in [3.8, 4) is 0 Å². The summed E-state index contributed by atoms with van der Waals surface area (Å²) in [5, 5.41) is 3.20. The number of aryl methyl sites for hydroxylation is 1. The fourth-order valence-corrected chi connectivity index (χ4v) is 2.29. The molecule has 0 fully saturated rings. The fourth-order valence-electron chi connectivity index (χ4n) is 2.29. The van der Waals surface area contributed by atoms with Gasteiger partial charge in [-0.05, 0) is 25.6 Å². The van der Waals surface area contributed by atoms with Gasteiger partial charge in [0.1, 0.15) is 5.52 Å². The number of nitrogens with zero attached hydrogens (tertiary/aromatic N) is 4. The van der Waals surface area contributed by atoms with Crippen LogP contribution in [0.2, 0.25) is 0 Å². The van der Waals surface area contributed by atoms with E-state index < -0.39 is 0 Å². The van der Waals surface area contributed by atoms with Crippen LogP contribution in [0.4, 0.5) is 5.82 Å². The van der Waals surface area contributed by atoms with Crippen molar-refractivity contribution in [3.63, 3.8) is 0 Å². The number of imidazole rings is 1. The van der Waals surface area contributed by atoms with Gasteiger partial charge in [-0.3, -0.25) is 0 Å². The zero-order valence-corrected chi connectivity index (χ0v) is 11.5. The summed E-state index contributed by atoms with van der Waals surface area (Å²) in [7, 11) is 6.06. The first-order valence-corrected chi connectivity index (χ1v) is 6.25. The molecule has 5 heteroatoms. The average molecular weight is 247 g/mol. The van der Waals surface area contributed by atoms with Crippen LogP contribution in [0.5, 0.6) is 0 Å². The highest BCUT2D eigenvalue weighted by molar-refractivity contribution is 5.86. The third-order valence-corrected chi connectivity index (χ3v) is 3.12. The molecule has 0 amide bonds. The first-order valence-electron chi connectivity index (χ1n) is 6.25. The third kappa shape index (κ3) is 2.46. The van der Waals surface area contributed by atoms with Gasteiger partial charge < -0.3 is 14.8 Å². The Labute approximate surface area is 108 Å². The lowest BCUT2D eigenvalue weighted by atomic mass is 10.1. The van der Waals surface area contributed by atoms with Crippen molar-refractivity contribution in [2.45, 2.75) is 6.92 Å². The minimum absolute atomic E-state index is 0.570. The van der Waals surface area contributed by atoms with E-state index in [1.165, 1.54) is 0 Å². The van der Waals surface area contributed by atoms with Gasteiger partial charge >= 0.3 is 0 Å². The van der Waals surface area contributed by atoms with E-state index in [9.17, 15) is 0 Å². The molecule has 2 aromatic heterocycles. The number of anilines is 1. The summed E-state index contributed by atoms with van der Waals surface area (Å²) >= 11 is 0. The van der Waals surface area contributed by atoms with Crippen molar-refractivity contribution in [3.05, 3.63) is 18.6 Å². The molecule has 0 aromatic carbocycles. The normalized spacial score (nSPS) is 12.9. The Morgan fingerprint density at radius 2 is 2.22 bits per heavy atom. The van der Waals surface area contributed by atoms with E-state index in [2.05, 4.69) is 34.2 Å². The molecule has 0 radical (unpaired) electrons. The molecule has 0 saturated heterocycles. The second kappa shape index (κ2) is 5.35. The SMILES string of the molecule is CNCC(C)CN(C)c1nccc2c1ncn2C. The van der Waals surface area contributed by atoms with Gasteiger partial charge in [0.25, 0.3) is 0 Å². The number of hydrogen-bond donors (Lipinski definition) is 1. The molecule has 1 atom stereocenters. The molecule has 0 bridgehead atoms. The Balaban J connectivity index is 2.25. The van der Waals surface area contributed by atoms with Crippen molar-refractivity contribution in [2.24, 2.45) is 13.0 Å². The zero-order chi connectivity index (χ0) is 13.1. The monoisotopic (exact) mass is 247 g/mol. The number of aromatic nitrogens is 3.